The molecule has 0 bridgehead atoms. The van der Waals surface area contributed by atoms with Crippen molar-refractivity contribution in [2.45, 2.75) is 12.8 Å². The van der Waals surface area contributed by atoms with Crippen LogP contribution in [0, 0.1) is 5.92 Å². The molecular weight excluding hydrogens is 184 g/mol. The minimum Gasteiger partial charge on any atom is -0.481 e. The van der Waals surface area contributed by atoms with Crippen LogP contribution in [0.2, 0.25) is 0 Å². The lowest BCUT2D eigenvalue weighted by Gasteiger charge is -2.38. The van der Waals surface area contributed by atoms with Crippen LogP contribution in [0.3, 0.4) is 0 Å². The molecule has 2 fully saturated rings. The van der Waals surface area contributed by atoms with Gasteiger partial charge in [-0.2, -0.15) is 0 Å². The number of carbonyl (C=O) groups is 2. The molecule has 2 aliphatic rings. The van der Waals surface area contributed by atoms with Crippen LogP contribution in [0.15, 0.2) is 0 Å². The van der Waals surface area contributed by atoms with Gasteiger partial charge in [-0.3, -0.25) is 4.79 Å². The topological polar surface area (TPSA) is 60.9 Å². The number of likely N-dealkylation sites (tertiary alicyclic amines) is 2. The minimum absolute atomic E-state index is 0.0139. The smallest absolute Gasteiger partial charge is 0.320 e. The molecule has 2 aliphatic heterocycles. The van der Waals surface area contributed by atoms with Crippen LogP contribution in [-0.2, 0) is 4.79 Å². The lowest BCUT2D eigenvalue weighted by Crippen LogP contribution is -2.56. The summed E-state index contributed by atoms with van der Waals surface area (Å²) in [5.41, 5.74) is 0. The van der Waals surface area contributed by atoms with Gasteiger partial charge in [-0.15, -0.1) is 0 Å². The average Bonchev–Trinajstić information content (AvgIpc) is 2.51. The maximum atomic E-state index is 11.7. The summed E-state index contributed by atoms with van der Waals surface area (Å²) in [7, 11) is 0. The molecule has 0 aromatic rings. The van der Waals surface area contributed by atoms with Gasteiger partial charge in [0.1, 0.15) is 0 Å². The first kappa shape index (κ1) is 9.30. The third-order valence-corrected chi connectivity index (χ3v) is 2.88. The molecule has 0 unspecified atom stereocenters. The summed E-state index contributed by atoms with van der Waals surface area (Å²) < 4.78 is 0. The van der Waals surface area contributed by atoms with E-state index in [9.17, 15) is 9.59 Å². The Morgan fingerprint density at radius 2 is 1.64 bits per heavy atom. The highest BCUT2D eigenvalue weighted by atomic mass is 16.4. The Morgan fingerprint density at radius 1 is 1.07 bits per heavy atom. The zero-order valence-corrected chi connectivity index (χ0v) is 7.98. The van der Waals surface area contributed by atoms with Gasteiger partial charge in [0.05, 0.1) is 5.92 Å². The Labute approximate surface area is 82.3 Å². The van der Waals surface area contributed by atoms with E-state index in [1.165, 1.54) is 0 Å². The van der Waals surface area contributed by atoms with Crippen molar-refractivity contribution in [3.05, 3.63) is 0 Å². The van der Waals surface area contributed by atoms with Crippen LogP contribution >= 0.6 is 0 Å². The van der Waals surface area contributed by atoms with Gasteiger partial charge < -0.3 is 14.9 Å². The van der Waals surface area contributed by atoms with Gasteiger partial charge in [0.25, 0.3) is 0 Å². The summed E-state index contributed by atoms with van der Waals surface area (Å²) in [6.07, 6.45) is 2.14. The van der Waals surface area contributed by atoms with Crippen molar-refractivity contribution in [1.29, 1.82) is 0 Å². The second-order valence-corrected chi connectivity index (χ2v) is 3.92. The molecule has 0 radical (unpaired) electrons. The van der Waals surface area contributed by atoms with E-state index in [-0.39, 0.29) is 11.9 Å². The fourth-order valence-electron chi connectivity index (χ4n) is 1.90. The van der Waals surface area contributed by atoms with Gasteiger partial charge in [0.15, 0.2) is 0 Å². The maximum Gasteiger partial charge on any atom is 0.320 e. The van der Waals surface area contributed by atoms with Crippen LogP contribution in [0.25, 0.3) is 0 Å². The van der Waals surface area contributed by atoms with Crippen molar-refractivity contribution in [1.82, 2.24) is 9.80 Å². The second-order valence-electron chi connectivity index (χ2n) is 3.92. The molecular formula is C9H14N2O3. The van der Waals surface area contributed by atoms with E-state index in [0.29, 0.717) is 13.1 Å². The summed E-state index contributed by atoms with van der Waals surface area (Å²) in [5, 5.41) is 8.65. The lowest BCUT2D eigenvalue weighted by atomic mass is 10.0. The summed E-state index contributed by atoms with van der Waals surface area (Å²) in [6.45, 7) is 2.41. The molecule has 2 saturated heterocycles. The van der Waals surface area contributed by atoms with E-state index in [1.807, 2.05) is 0 Å². The lowest BCUT2D eigenvalue weighted by molar-refractivity contribution is -0.146. The molecule has 0 atom stereocenters. The van der Waals surface area contributed by atoms with E-state index < -0.39 is 5.97 Å². The zero-order valence-electron chi connectivity index (χ0n) is 7.98. The summed E-state index contributed by atoms with van der Waals surface area (Å²) in [5.74, 6) is -1.14. The minimum atomic E-state index is -0.796. The van der Waals surface area contributed by atoms with Crippen molar-refractivity contribution in [2.75, 3.05) is 26.2 Å². The Kier molecular flexibility index (Phi) is 2.31. The molecule has 0 spiro atoms. The first-order valence-corrected chi connectivity index (χ1v) is 4.95. The molecule has 5 heteroatoms. The number of nitrogens with zero attached hydrogens (tertiary/aromatic N) is 2. The molecule has 0 saturated carbocycles. The number of amides is 2. The van der Waals surface area contributed by atoms with E-state index in [4.69, 9.17) is 5.11 Å². The van der Waals surface area contributed by atoms with Gasteiger partial charge in [-0.05, 0) is 12.8 Å². The molecule has 0 aliphatic carbocycles. The number of carboxylic acids is 1. The summed E-state index contributed by atoms with van der Waals surface area (Å²) in [4.78, 5) is 25.6. The number of urea groups is 1. The van der Waals surface area contributed by atoms with Crippen LogP contribution in [0.5, 0.6) is 0 Å². The van der Waals surface area contributed by atoms with E-state index >= 15 is 0 Å². The third kappa shape index (κ3) is 1.54. The van der Waals surface area contributed by atoms with Crippen molar-refractivity contribution in [2.24, 2.45) is 5.92 Å². The molecule has 14 heavy (non-hydrogen) atoms. The fourth-order valence-corrected chi connectivity index (χ4v) is 1.90. The molecule has 1 N–H and O–H groups in total. The Hall–Kier alpha value is -1.26. The van der Waals surface area contributed by atoms with Crippen molar-refractivity contribution < 1.29 is 14.7 Å². The van der Waals surface area contributed by atoms with Gasteiger partial charge in [-0.25, -0.2) is 4.79 Å². The van der Waals surface area contributed by atoms with E-state index in [0.717, 1.165) is 25.9 Å². The summed E-state index contributed by atoms with van der Waals surface area (Å²) in [6, 6.07) is 0.0139. The van der Waals surface area contributed by atoms with E-state index in [1.54, 1.807) is 9.80 Å². The molecule has 5 nitrogen and oxygen atoms in total. The summed E-state index contributed by atoms with van der Waals surface area (Å²) >= 11 is 0. The zero-order chi connectivity index (χ0) is 10.1. The van der Waals surface area contributed by atoms with Crippen LogP contribution in [0.1, 0.15) is 12.8 Å². The first-order chi connectivity index (χ1) is 6.68. The second kappa shape index (κ2) is 3.48. The normalized spacial score (nSPS) is 22.3. The van der Waals surface area contributed by atoms with Gasteiger partial charge in [0, 0.05) is 26.2 Å². The standard InChI is InChI=1S/C9H14N2O3/c12-8(13)7-5-11(6-7)9(14)10-3-1-2-4-10/h7H,1-6H2,(H,12,13). The maximum absolute atomic E-state index is 11.7. The van der Waals surface area contributed by atoms with Crippen LogP contribution < -0.4 is 0 Å². The highest BCUT2D eigenvalue weighted by Crippen LogP contribution is 2.19. The van der Waals surface area contributed by atoms with Crippen LogP contribution in [-0.4, -0.2) is 53.1 Å². The highest BCUT2D eigenvalue weighted by Gasteiger charge is 2.37. The molecule has 2 rings (SSSR count). The first-order valence-electron chi connectivity index (χ1n) is 4.95. The third-order valence-electron chi connectivity index (χ3n) is 2.88. The monoisotopic (exact) mass is 198 g/mol. The number of rotatable bonds is 1. The number of aliphatic carboxylic acids is 1. The van der Waals surface area contributed by atoms with Gasteiger partial charge in [-0.1, -0.05) is 0 Å². The Morgan fingerprint density at radius 3 is 2.14 bits per heavy atom. The number of carbonyl (C=O) groups excluding carboxylic acids is 1. The fraction of sp³-hybridized carbons (Fsp3) is 0.778. The van der Waals surface area contributed by atoms with Crippen LogP contribution in [0.4, 0.5) is 4.79 Å². The molecule has 0 aromatic carbocycles. The van der Waals surface area contributed by atoms with E-state index in [2.05, 4.69) is 0 Å². The molecule has 0 aromatic heterocycles. The predicted octanol–water partition coefficient (Wildman–Crippen LogP) is 0.219. The Balaban J connectivity index is 1.81. The van der Waals surface area contributed by atoms with Crippen molar-refractivity contribution in [3.8, 4) is 0 Å². The van der Waals surface area contributed by atoms with Crippen molar-refractivity contribution in [3.63, 3.8) is 0 Å². The molecule has 2 amide bonds. The van der Waals surface area contributed by atoms with Gasteiger partial charge >= 0.3 is 12.0 Å². The molecule has 78 valence electrons. The number of hydrogen-bond acceptors (Lipinski definition) is 2. The SMILES string of the molecule is O=C(O)C1CN(C(=O)N2CCCC2)C1. The quantitative estimate of drug-likeness (QED) is 0.655. The van der Waals surface area contributed by atoms with Gasteiger partial charge in [0.2, 0.25) is 0 Å². The number of carboxylic acid groups (broad SMARTS) is 1. The molecule has 2 heterocycles. The predicted molar refractivity (Wildman–Crippen MR) is 48.9 cm³/mol. The van der Waals surface area contributed by atoms with Crippen molar-refractivity contribution >= 4 is 12.0 Å². The number of hydrogen-bond donors (Lipinski definition) is 1. The largest absolute Gasteiger partial charge is 0.481 e. The Bertz CT molecular complexity index is 255. The highest BCUT2D eigenvalue weighted by molar-refractivity contribution is 5.80. The average molecular weight is 198 g/mol.